The molecule has 0 aliphatic heterocycles. The molecule has 0 aromatic heterocycles. The minimum absolute atomic E-state index is 0.0501. The van der Waals surface area contributed by atoms with E-state index in [9.17, 15) is 19.5 Å². The smallest absolute Gasteiger partial charge is 0.336 e. The Labute approximate surface area is 235 Å². The lowest BCUT2D eigenvalue weighted by Gasteiger charge is -2.28. The molecule has 2 atom stereocenters. The van der Waals surface area contributed by atoms with Crippen molar-refractivity contribution in [1.29, 1.82) is 0 Å². The molecule has 0 aliphatic carbocycles. The van der Waals surface area contributed by atoms with E-state index in [1.165, 1.54) is 4.90 Å². The van der Waals surface area contributed by atoms with E-state index in [-0.39, 0.29) is 38.6 Å². The van der Waals surface area contributed by atoms with E-state index in [0.29, 0.717) is 0 Å². The Bertz CT molecular complexity index is 1220. The molecule has 3 aromatic rings. The molecule has 0 saturated carbocycles. The number of nitrogens with zero attached hydrogens (tertiary/aromatic N) is 1. The zero-order chi connectivity index (χ0) is 28.9. The van der Waals surface area contributed by atoms with Crippen molar-refractivity contribution >= 4 is 18.0 Å². The Morgan fingerprint density at radius 2 is 1.38 bits per heavy atom. The van der Waals surface area contributed by atoms with Gasteiger partial charge in [0.05, 0.1) is 13.2 Å². The maximum absolute atomic E-state index is 13.4. The van der Waals surface area contributed by atoms with E-state index in [2.05, 4.69) is 5.32 Å². The molecule has 3 aromatic carbocycles. The number of esters is 2. The summed E-state index contributed by atoms with van der Waals surface area (Å²) in [6, 6.07) is 25.4. The largest absolute Gasteiger partial charge is 0.464 e. The number of carbonyl (C=O) groups excluding carboxylic acids is 3. The number of hydrogen-bond donors (Lipinski definition) is 2. The molecule has 2 amide bonds. The van der Waals surface area contributed by atoms with Gasteiger partial charge in [-0.15, -0.1) is 0 Å². The summed E-state index contributed by atoms with van der Waals surface area (Å²) in [4.78, 5) is 39.9. The van der Waals surface area contributed by atoms with Crippen LogP contribution in [0, 0.1) is 5.92 Å². The summed E-state index contributed by atoms with van der Waals surface area (Å²) in [7, 11) is 0. The van der Waals surface area contributed by atoms with Crippen LogP contribution in [0.25, 0.3) is 11.1 Å². The van der Waals surface area contributed by atoms with E-state index in [4.69, 9.17) is 9.47 Å². The third-order valence-corrected chi connectivity index (χ3v) is 6.13. The predicted octanol–water partition coefficient (Wildman–Crippen LogP) is 4.60. The molecule has 0 unspecified atom stereocenters. The summed E-state index contributed by atoms with van der Waals surface area (Å²) in [6.45, 7) is 5.65. The SMILES string of the molecule is CCOC(=O)[C@@H](O)CN(CC(C)C)C(=O)N[C@@H](Cc1ccc(-c2ccccc2)cc1)C(=O)OCc1ccccc1. The number of carbonyl (C=O) groups is 3. The number of benzene rings is 3. The lowest BCUT2D eigenvalue weighted by atomic mass is 10.0. The van der Waals surface area contributed by atoms with Crippen molar-refractivity contribution in [2.45, 2.75) is 45.9 Å². The van der Waals surface area contributed by atoms with Gasteiger partial charge in [0.15, 0.2) is 6.10 Å². The fraction of sp³-hybridized carbons (Fsp3) is 0.344. The second-order valence-corrected chi connectivity index (χ2v) is 9.93. The summed E-state index contributed by atoms with van der Waals surface area (Å²) < 4.78 is 10.5. The van der Waals surface area contributed by atoms with Gasteiger partial charge in [0.1, 0.15) is 12.6 Å². The first-order valence-corrected chi connectivity index (χ1v) is 13.5. The average molecular weight is 547 g/mol. The average Bonchev–Trinajstić information content (AvgIpc) is 2.96. The molecule has 3 rings (SSSR count). The number of aliphatic hydroxyl groups excluding tert-OH is 1. The van der Waals surface area contributed by atoms with E-state index >= 15 is 0 Å². The van der Waals surface area contributed by atoms with E-state index < -0.39 is 30.1 Å². The van der Waals surface area contributed by atoms with Gasteiger partial charge in [-0.2, -0.15) is 0 Å². The fourth-order valence-corrected chi connectivity index (χ4v) is 4.17. The third kappa shape index (κ3) is 9.54. The first-order chi connectivity index (χ1) is 19.3. The maximum atomic E-state index is 13.4. The number of ether oxygens (including phenoxy) is 2. The van der Waals surface area contributed by atoms with Gasteiger partial charge in [-0.25, -0.2) is 14.4 Å². The molecule has 0 fully saturated rings. The van der Waals surface area contributed by atoms with Crippen LogP contribution in [0.3, 0.4) is 0 Å². The van der Waals surface area contributed by atoms with Gasteiger partial charge in [0.2, 0.25) is 0 Å². The molecule has 0 spiro atoms. The first-order valence-electron chi connectivity index (χ1n) is 13.5. The Kier molecular flexibility index (Phi) is 11.7. The number of urea groups is 1. The molecule has 0 heterocycles. The predicted molar refractivity (Wildman–Crippen MR) is 153 cm³/mol. The van der Waals surface area contributed by atoms with Crippen LogP contribution in [0.2, 0.25) is 0 Å². The van der Waals surface area contributed by atoms with Gasteiger partial charge < -0.3 is 24.8 Å². The van der Waals surface area contributed by atoms with Crippen LogP contribution in [0.5, 0.6) is 0 Å². The van der Waals surface area contributed by atoms with Crippen molar-refractivity contribution in [3.8, 4) is 11.1 Å². The number of amides is 2. The molecule has 8 heteroatoms. The summed E-state index contributed by atoms with van der Waals surface area (Å²) in [5, 5.41) is 13.1. The van der Waals surface area contributed by atoms with Crippen LogP contribution < -0.4 is 5.32 Å². The lowest BCUT2D eigenvalue weighted by Crippen LogP contribution is -2.52. The van der Waals surface area contributed by atoms with Crippen LogP contribution in [-0.4, -0.2) is 59.8 Å². The quantitative estimate of drug-likeness (QED) is 0.304. The molecule has 0 aliphatic rings. The highest BCUT2D eigenvalue weighted by atomic mass is 16.5. The first kappa shape index (κ1) is 30.4. The topological polar surface area (TPSA) is 105 Å². The zero-order valence-corrected chi connectivity index (χ0v) is 23.3. The Morgan fingerprint density at radius 3 is 1.98 bits per heavy atom. The number of aliphatic hydroxyl groups is 1. The summed E-state index contributed by atoms with van der Waals surface area (Å²) in [5.74, 6) is -1.34. The number of hydrogen-bond acceptors (Lipinski definition) is 6. The Morgan fingerprint density at radius 1 is 0.775 bits per heavy atom. The monoisotopic (exact) mass is 546 g/mol. The van der Waals surface area contributed by atoms with E-state index in [1.807, 2.05) is 98.8 Å². The maximum Gasteiger partial charge on any atom is 0.336 e. The van der Waals surface area contributed by atoms with Gasteiger partial charge in [-0.1, -0.05) is 98.8 Å². The van der Waals surface area contributed by atoms with Gasteiger partial charge >= 0.3 is 18.0 Å². The summed E-state index contributed by atoms with van der Waals surface area (Å²) in [5.41, 5.74) is 3.77. The Hall–Kier alpha value is -4.17. The number of nitrogens with one attached hydrogen (secondary N) is 1. The van der Waals surface area contributed by atoms with Gasteiger partial charge in [0, 0.05) is 13.0 Å². The van der Waals surface area contributed by atoms with Crippen LogP contribution in [0.1, 0.15) is 31.9 Å². The minimum atomic E-state index is -1.50. The standard InChI is InChI=1S/C32H38N2O6/c1-4-39-31(37)29(35)21-34(20-23(2)3)32(38)33-28(30(36)40-22-25-11-7-5-8-12-25)19-24-15-17-27(18-16-24)26-13-9-6-10-14-26/h5-18,23,28-29,35H,4,19-22H2,1-3H3,(H,33,38)/t28-,29-/m0/s1. The molecular weight excluding hydrogens is 508 g/mol. The highest BCUT2D eigenvalue weighted by Crippen LogP contribution is 2.20. The summed E-state index contributed by atoms with van der Waals surface area (Å²) in [6.07, 6.45) is -1.30. The van der Waals surface area contributed by atoms with Crippen molar-refractivity contribution in [3.05, 3.63) is 96.1 Å². The van der Waals surface area contributed by atoms with Crippen LogP contribution in [-0.2, 0) is 32.1 Å². The summed E-state index contributed by atoms with van der Waals surface area (Å²) >= 11 is 0. The second-order valence-electron chi connectivity index (χ2n) is 9.93. The van der Waals surface area contributed by atoms with Gasteiger partial charge in [-0.05, 0) is 35.1 Å². The number of rotatable bonds is 13. The van der Waals surface area contributed by atoms with Gasteiger partial charge in [-0.3, -0.25) is 0 Å². The third-order valence-electron chi connectivity index (χ3n) is 6.13. The van der Waals surface area contributed by atoms with Crippen molar-refractivity contribution < 1.29 is 29.0 Å². The van der Waals surface area contributed by atoms with Crippen LogP contribution in [0.4, 0.5) is 4.79 Å². The lowest BCUT2D eigenvalue weighted by molar-refractivity contribution is -0.153. The van der Waals surface area contributed by atoms with Crippen molar-refractivity contribution in [3.63, 3.8) is 0 Å². The molecule has 2 N–H and O–H groups in total. The van der Waals surface area contributed by atoms with Crippen molar-refractivity contribution in [1.82, 2.24) is 10.2 Å². The van der Waals surface area contributed by atoms with Crippen molar-refractivity contribution in [2.24, 2.45) is 5.92 Å². The highest BCUT2D eigenvalue weighted by Gasteiger charge is 2.29. The molecule has 8 nitrogen and oxygen atoms in total. The molecule has 0 radical (unpaired) electrons. The minimum Gasteiger partial charge on any atom is -0.464 e. The fourth-order valence-electron chi connectivity index (χ4n) is 4.17. The normalized spacial score (nSPS) is 12.3. The Balaban J connectivity index is 1.77. The highest BCUT2D eigenvalue weighted by molar-refractivity contribution is 5.84. The molecule has 212 valence electrons. The molecule has 0 saturated heterocycles. The molecule has 0 bridgehead atoms. The molecule has 40 heavy (non-hydrogen) atoms. The second kappa shape index (κ2) is 15.4. The van der Waals surface area contributed by atoms with E-state index in [1.54, 1.807) is 6.92 Å². The zero-order valence-electron chi connectivity index (χ0n) is 23.3. The molecular formula is C32H38N2O6. The van der Waals surface area contributed by atoms with E-state index in [0.717, 1.165) is 22.3 Å². The van der Waals surface area contributed by atoms with Crippen molar-refractivity contribution in [2.75, 3.05) is 19.7 Å². The van der Waals surface area contributed by atoms with Gasteiger partial charge in [0.25, 0.3) is 0 Å². The van der Waals surface area contributed by atoms with Crippen LogP contribution in [0.15, 0.2) is 84.9 Å². The van der Waals surface area contributed by atoms with Crippen LogP contribution >= 0.6 is 0 Å².